The Kier molecular flexibility index (Phi) is 1.92. The highest BCUT2D eigenvalue weighted by molar-refractivity contribution is 9.08. The molecule has 0 aliphatic carbocycles. The van der Waals surface area contributed by atoms with Gasteiger partial charge in [0.2, 0.25) is 0 Å². The molecule has 0 fully saturated rings. The van der Waals surface area contributed by atoms with Gasteiger partial charge < -0.3 is 5.32 Å². The topological polar surface area (TPSA) is 46.2 Å². The van der Waals surface area contributed by atoms with Gasteiger partial charge in [-0.2, -0.15) is 0 Å². The average molecular weight is 240 g/mol. The van der Waals surface area contributed by atoms with Gasteiger partial charge in [0.15, 0.2) is 0 Å². The van der Waals surface area contributed by atoms with Crippen LogP contribution in [-0.2, 0) is 10.1 Å². The Bertz CT molecular complexity index is 401. The van der Waals surface area contributed by atoms with Crippen LogP contribution in [0.4, 0.5) is 5.69 Å². The van der Waals surface area contributed by atoms with Crippen LogP contribution in [0, 0.1) is 0 Å². The van der Waals surface area contributed by atoms with Gasteiger partial charge in [-0.15, -0.1) is 0 Å². The van der Waals surface area contributed by atoms with Crippen molar-refractivity contribution in [3.8, 4) is 0 Å². The molecule has 0 unspecified atom stereocenters. The van der Waals surface area contributed by atoms with Crippen LogP contribution in [0.5, 0.6) is 0 Å². The lowest BCUT2D eigenvalue weighted by molar-refractivity contribution is -0.112. The maximum absolute atomic E-state index is 11.2. The summed E-state index contributed by atoms with van der Waals surface area (Å²) in [6.07, 6.45) is 0. The summed E-state index contributed by atoms with van der Waals surface area (Å²) in [5.74, 6) is -0.987. The lowest BCUT2D eigenvalue weighted by atomic mass is 10.1. The fraction of sp³-hybridized carbons (Fsp3) is 0.111. The van der Waals surface area contributed by atoms with Gasteiger partial charge >= 0.3 is 0 Å². The Morgan fingerprint density at radius 3 is 2.77 bits per heavy atom. The Morgan fingerprint density at radius 1 is 1.31 bits per heavy atom. The molecule has 0 aromatic heterocycles. The molecule has 0 atom stereocenters. The second-order valence-electron chi connectivity index (χ2n) is 2.80. The third kappa shape index (κ3) is 1.27. The Morgan fingerprint density at radius 2 is 2.08 bits per heavy atom. The number of anilines is 1. The Labute approximate surface area is 83.3 Å². The van der Waals surface area contributed by atoms with E-state index in [0.29, 0.717) is 16.6 Å². The Balaban J connectivity index is 2.54. The number of hydrogen-bond acceptors (Lipinski definition) is 2. The van der Waals surface area contributed by atoms with Gasteiger partial charge in [-0.1, -0.05) is 22.0 Å². The quantitative estimate of drug-likeness (QED) is 0.600. The fourth-order valence-electron chi connectivity index (χ4n) is 1.27. The molecule has 0 saturated heterocycles. The summed E-state index contributed by atoms with van der Waals surface area (Å²) in [5, 5.41) is 3.18. The van der Waals surface area contributed by atoms with Gasteiger partial charge in [0.1, 0.15) is 0 Å². The molecule has 0 spiro atoms. The molecule has 1 aromatic rings. The molecule has 2 rings (SSSR count). The van der Waals surface area contributed by atoms with E-state index < -0.39 is 11.7 Å². The largest absolute Gasteiger partial charge is 0.318 e. The summed E-state index contributed by atoms with van der Waals surface area (Å²) in [6.45, 7) is 0. The van der Waals surface area contributed by atoms with Crippen molar-refractivity contribution < 1.29 is 9.59 Å². The van der Waals surface area contributed by atoms with Crippen molar-refractivity contribution in [3.63, 3.8) is 0 Å². The minimum absolute atomic E-state index is 0.446. The monoisotopic (exact) mass is 239 g/mol. The standard InChI is InChI=1S/C9H6BrNO2/c10-4-5-1-2-7-6(3-5)8(12)9(13)11-7/h1-3H,4H2,(H,11,12,13). The van der Waals surface area contributed by atoms with Gasteiger partial charge in [-0.05, 0) is 17.7 Å². The zero-order valence-corrected chi connectivity index (χ0v) is 8.22. The van der Waals surface area contributed by atoms with Crippen LogP contribution in [0.1, 0.15) is 15.9 Å². The molecule has 0 radical (unpaired) electrons. The van der Waals surface area contributed by atoms with Gasteiger partial charge in [-0.25, -0.2) is 0 Å². The maximum Gasteiger partial charge on any atom is 0.296 e. The van der Waals surface area contributed by atoms with Crippen molar-refractivity contribution in [2.24, 2.45) is 0 Å². The van der Waals surface area contributed by atoms with E-state index in [4.69, 9.17) is 0 Å². The minimum atomic E-state index is -0.540. The molecule has 1 aliphatic heterocycles. The Hall–Kier alpha value is -1.16. The number of Topliss-reactive ketones (excluding diaryl/α,β-unsaturated/α-hetero) is 1. The molecule has 1 N–H and O–H groups in total. The van der Waals surface area contributed by atoms with Crippen molar-refractivity contribution >= 4 is 33.3 Å². The predicted molar refractivity (Wildman–Crippen MR) is 52.0 cm³/mol. The van der Waals surface area contributed by atoms with E-state index in [1.54, 1.807) is 12.1 Å². The number of benzene rings is 1. The van der Waals surface area contributed by atoms with Crippen LogP contribution in [0.2, 0.25) is 0 Å². The molecule has 66 valence electrons. The maximum atomic E-state index is 11.2. The normalized spacial score (nSPS) is 14.2. The number of ketones is 1. The number of carbonyl (C=O) groups is 2. The summed E-state index contributed by atoms with van der Waals surface area (Å²) in [6, 6.07) is 5.34. The highest BCUT2D eigenvalue weighted by Gasteiger charge is 2.27. The number of halogens is 1. The highest BCUT2D eigenvalue weighted by Crippen LogP contribution is 2.24. The van der Waals surface area contributed by atoms with Crippen molar-refractivity contribution in [2.75, 3.05) is 5.32 Å². The molecule has 0 bridgehead atoms. The van der Waals surface area contributed by atoms with E-state index in [0.717, 1.165) is 5.56 Å². The first kappa shape index (κ1) is 8.44. The van der Waals surface area contributed by atoms with Gasteiger partial charge in [0.25, 0.3) is 11.7 Å². The average Bonchev–Trinajstić information content (AvgIpc) is 2.43. The number of nitrogens with one attached hydrogen (secondary N) is 1. The number of amides is 1. The molecular formula is C9H6BrNO2. The van der Waals surface area contributed by atoms with E-state index in [9.17, 15) is 9.59 Å². The minimum Gasteiger partial charge on any atom is -0.318 e. The number of rotatable bonds is 1. The van der Waals surface area contributed by atoms with E-state index in [-0.39, 0.29) is 0 Å². The van der Waals surface area contributed by atoms with Crippen molar-refractivity contribution in [2.45, 2.75) is 5.33 Å². The first-order valence-electron chi connectivity index (χ1n) is 3.77. The van der Waals surface area contributed by atoms with Crippen LogP contribution >= 0.6 is 15.9 Å². The molecule has 0 saturated carbocycles. The van der Waals surface area contributed by atoms with Crippen LogP contribution in [0.3, 0.4) is 0 Å². The molecule has 1 amide bonds. The first-order valence-corrected chi connectivity index (χ1v) is 4.89. The molecule has 1 heterocycles. The number of fused-ring (bicyclic) bond motifs is 1. The number of carbonyl (C=O) groups excluding carboxylic acids is 2. The van der Waals surface area contributed by atoms with Gasteiger partial charge in [0, 0.05) is 5.33 Å². The molecule has 1 aromatic carbocycles. The third-order valence-corrected chi connectivity index (χ3v) is 2.58. The second kappa shape index (κ2) is 2.96. The lowest BCUT2D eigenvalue weighted by Gasteiger charge is -1.98. The molecule has 1 aliphatic rings. The van der Waals surface area contributed by atoms with Crippen LogP contribution in [-0.4, -0.2) is 11.7 Å². The fourth-order valence-corrected chi connectivity index (χ4v) is 1.62. The van der Waals surface area contributed by atoms with Crippen molar-refractivity contribution in [1.29, 1.82) is 0 Å². The summed E-state index contributed by atoms with van der Waals surface area (Å²) in [7, 11) is 0. The van der Waals surface area contributed by atoms with Crippen LogP contribution in [0.15, 0.2) is 18.2 Å². The molecule has 4 heteroatoms. The summed E-state index contributed by atoms with van der Waals surface area (Å²) in [5.41, 5.74) is 2.07. The summed E-state index contributed by atoms with van der Waals surface area (Å²) >= 11 is 3.28. The van der Waals surface area contributed by atoms with E-state index in [2.05, 4.69) is 21.2 Å². The smallest absolute Gasteiger partial charge is 0.296 e. The second-order valence-corrected chi connectivity index (χ2v) is 3.36. The zero-order chi connectivity index (χ0) is 9.42. The number of hydrogen-bond donors (Lipinski definition) is 1. The van der Waals surface area contributed by atoms with E-state index in [1.165, 1.54) is 0 Å². The third-order valence-electron chi connectivity index (χ3n) is 1.94. The highest BCUT2D eigenvalue weighted by atomic mass is 79.9. The van der Waals surface area contributed by atoms with Gasteiger partial charge in [0.05, 0.1) is 11.3 Å². The summed E-state index contributed by atoms with van der Waals surface area (Å²) in [4.78, 5) is 22.2. The van der Waals surface area contributed by atoms with E-state index >= 15 is 0 Å². The first-order chi connectivity index (χ1) is 6.22. The van der Waals surface area contributed by atoms with E-state index in [1.807, 2.05) is 6.07 Å². The lowest BCUT2D eigenvalue weighted by Crippen LogP contribution is -2.12. The number of alkyl halides is 1. The van der Waals surface area contributed by atoms with Crippen LogP contribution < -0.4 is 5.32 Å². The SMILES string of the molecule is O=C1Nc2ccc(CBr)cc2C1=O. The van der Waals surface area contributed by atoms with Crippen molar-refractivity contribution in [1.82, 2.24) is 0 Å². The molecular weight excluding hydrogens is 234 g/mol. The van der Waals surface area contributed by atoms with Crippen LogP contribution in [0.25, 0.3) is 0 Å². The predicted octanol–water partition coefficient (Wildman–Crippen LogP) is 1.72. The zero-order valence-electron chi connectivity index (χ0n) is 6.63. The summed E-state index contributed by atoms with van der Waals surface area (Å²) < 4.78 is 0. The molecule has 3 nitrogen and oxygen atoms in total. The molecule has 13 heavy (non-hydrogen) atoms. The van der Waals surface area contributed by atoms with Gasteiger partial charge in [-0.3, -0.25) is 9.59 Å². The van der Waals surface area contributed by atoms with Crippen molar-refractivity contribution in [3.05, 3.63) is 29.3 Å².